The lowest BCUT2D eigenvalue weighted by Crippen LogP contribution is -2.41. The number of hydrogen-bond donors (Lipinski definition) is 0. The standard InChI is InChI=1S/C15H22BClN2O3/c1-14(2)15(3,4)22-16(21-14)11-9-18-13(19-12(11)17)20-10-7-5-6-8-10/h9-10H,5-8H2,1-4H3. The first-order valence-electron chi connectivity index (χ1n) is 7.83. The summed E-state index contributed by atoms with van der Waals surface area (Å²) < 4.78 is 17.7. The molecule has 0 radical (unpaired) electrons. The van der Waals surface area contributed by atoms with Gasteiger partial charge >= 0.3 is 13.1 Å². The lowest BCUT2D eigenvalue weighted by Gasteiger charge is -2.32. The molecule has 2 aliphatic rings. The van der Waals surface area contributed by atoms with Gasteiger partial charge in [-0.1, -0.05) is 11.6 Å². The van der Waals surface area contributed by atoms with Gasteiger partial charge in [-0.3, -0.25) is 0 Å². The maximum Gasteiger partial charge on any atom is 0.499 e. The van der Waals surface area contributed by atoms with Crippen molar-refractivity contribution in [2.45, 2.75) is 70.7 Å². The van der Waals surface area contributed by atoms with Crippen molar-refractivity contribution in [2.24, 2.45) is 0 Å². The highest BCUT2D eigenvalue weighted by Crippen LogP contribution is 2.36. The van der Waals surface area contributed by atoms with E-state index in [0.29, 0.717) is 16.6 Å². The molecule has 5 nitrogen and oxygen atoms in total. The van der Waals surface area contributed by atoms with Gasteiger partial charge < -0.3 is 14.0 Å². The summed E-state index contributed by atoms with van der Waals surface area (Å²) in [4.78, 5) is 8.51. The molecule has 0 unspecified atom stereocenters. The fraction of sp³-hybridized carbons (Fsp3) is 0.733. The molecular weight excluding hydrogens is 302 g/mol. The van der Waals surface area contributed by atoms with Crippen molar-refractivity contribution < 1.29 is 14.0 Å². The van der Waals surface area contributed by atoms with E-state index < -0.39 is 18.3 Å². The molecule has 0 amide bonds. The third-order valence-electron chi connectivity index (χ3n) is 4.83. The second-order valence-corrected chi connectivity index (χ2v) is 7.37. The first-order chi connectivity index (χ1) is 10.3. The maximum absolute atomic E-state index is 6.29. The fourth-order valence-electron chi connectivity index (χ4n) is 2.70. The Morgan fingerprint density at radius 3 is 2.32 bits per heavy atom. The summed E-state index contributed by atoms with van der Waals surface area (Å²) >= 11 is 6.29. The molecule has 1 aromatic heterocycles. The van der Waals surface area contributed by atoms with E-state index in [2.05, 4.69) is 9.97 Å². The lowest BCUT2D eigenvalue weighted by molar-refractivity contribution is 0.00578. The molecule has 1 aromatic rings. The minimum absolute atomic E-state index is 0.207. The molecule has 2 heterocycles. The van der Waals surface area contributed by atoms with Gasteiger partial charge in [0.2, 0.25) is 0 Å². The van der Waals surface area contributed by atoms with E-state index in [1.54, 1.807) is 6.20 Å². The van der Waals surface area contributed by atoms with E-state index in [-0.39, 0.29) is 6.10 Å². The van der Waals surface area contributed by atoms with Crippen molar-refractivity contribution in [1.82, 2.24) is 9.97 Å². The van der Waals surface area contributed by atoms with Crippen LogP contribution in [0.5, 0.6) is 6.01 Å². The Morgan fingerprint density at radius 2 is 1.77 bits per heavy atom. The van der Waals surface area contributed by atoms with Gasteiger partial charge in [-0.05, 0) is 53.4 Å². The van der Waals surface area contributed by atoms with E-state index >= 15 is 0 Å². The van der Waals surface area contributed by atoms with Crippen molar-refractivity contribution in [2.75, 3.05) is 0 Å². The topological polar surface area (TPSA) is 53.5 Å². The number of hydrogen-bond acceptors (Lipinski definition) is 5. The zero-order valence-electron chi connectivity index (χ0n) is 13.6. The molecule has 1 saturated heterocycles. The maximum atomic E-state index is 6.29. The van der Waals surface area contributed by atoms with Gasteiger partial charge in [0.25, 0.3) is 0 Å². The molecule has 0 spiro atoms. The highest BCUT2D eigenvalue weighted by molar-refractivity contribution is 6.65. The highest BCUT2D eigenvalue weighted by Gasteiger charge is 2.52. The van der Waals surface area contributed by atoms with Crippen LogP contribution in [0.15, 0.2) is 6.20 Å². The zero-order chi connectivity index (χ0) is 16.0. The minimum atomic E-state index is -0.557. The van der Waals surface area contributed by atoms with Crippen LogP contribution in [-0.2, 0) is 9.31 Å². The van der Waals surface area contributed by atoms with E-state index in [1.807, 2.05) is 27.7 Å². The van der Waals surface area contributed by atoms with Crippen molar-refractivity contribution in [3.63, 3.8) is 0 Å². The number of rotatable bonds is 3. The molecule has 7 heteroatoms. The average molecular weight is 325 g/mol. The molecule has 0 atom stereocenters. The van der Waals surface area contributed by atoms with Crippen molar-refractivity contribution in [1.29, 1.82) is 0 Å². The molecule has 0 aromatic carbocycles. The van der Waals surface area contributed by atoms with Gasteiger partial charge in [0.1, 0.15) is 11.3 Å². The molecular formula is C15H22BClN2O3. The first kappa shape index (κ1) is 16.0. The van der Waals surface area contributed by atoms with Crippen LogP contribution < -0.4 is 10.2 Å². The Morgan fingerprint density at radius 1 is 1.18 bits per heavy atom. The van der Waals surface area contributed by atoms with E-state index in [1.165, 1.54) is 12.8 Å². The summed E-state index contributed by atoms with van der Waals surface area (Å²) in [7, 11) is -0.557. The van der Waals surface area contributed by atoms with Gasteiger partial charge in [-0.2, -0.15) is 4.98 Å². The van der Waals surface area contributed by atoms with Crippen LogP contribution in [0.4, 0.5) is 0 Å². The van der Waals surface area contributed by atoms with Gasteiger partial charge in [0, 0.05) is 11.7 Å². The number of halogens is 1. The number of aromatic nitrogens is 2. The lowest BCUT2D eigenvalue weighted by atomic mass is 9.81. The first-order valence-corrected chi connectivity index (χ1v) is 8.21. The summed E-state index contributed by atoms with van der Waals surface area (Å²) in [5.74, 6) is 0. The summed E-state index contributed by atoms with van der Waals surface area (Å²) in [5.41, 5.74) is -0.195. The molecule has 0 N–H and O–H groups in total. The van der Waals surface area contributed by atoms with Crippen LogP contribution in [0.25, 0.3) is 0 Å². The van der Waals surface area contributed by atoms with Gasteiger partial charge in [-0.15, -0.1) is 0 Å². The van der Waals surface area contributed by atoms with Crippen LogP contribution in [0.2, 0.25) is 5.15 Å². The second-order valence-electron chi connectivity index (χ2n) is 7.01. The van der Waals surface area contributed by atoms with Gasteiger partial charge in [-0.25, -0.2) is 4.98 Å². The summed E-state index contributed by atoms with van der Waals surface area (Å²) in [6, 6.07) is 0.331. The predicted octanol–water partition coefficient (Wildman–Crippen LogP) is 2.75. The molecule has 1 aliphatic carbocycles. The van der Waals surface area contributed by atoms with E-state index in [4.69, 9.17) is 25.6 Å². The van der Waals surface area contributed by atoms with Crippen molar-refractivity contribution in [3.05, 3.63) is 11.3 Å². The van der Waals surface area contributed by atoms with Crippen LogP contribution in [0.1, 0.15) is 53.4 Å². The SMILES string of the molecule is CC1(C)OB(c2cnc(OC3CCCC3)nc2Cl)OC1(C)C. The van der Waals surface area contributed by atoms with E-state index in [0.717, 1.165) is 12.8 Å². The Bertz CT molecular complexity index is 546. The largest absolute Gasteiger partial charge is 0.499 e. The molecule has 3 rings (SSSR count). The summed E-state index contributed by atoms with van der Waals surface area (Å²) in [6.07, 6.45) is 6.36. The summed E-state index contributed by atoms with van der Waals surface area (Å²) in [5, 5.41) is 0.321. The average Bonchev–Trinajstić information content (AvgIpc) is 2.96. The number of nitrogens with zero attached hydrogens (tertiary/aromatic N) is 2. The Balaban J connectivity index is 1.75. The third-order valence-corrected chi connectivity index (χ3v) is 5.13. The van der Waals surface area contributed by atoms with Crippen LogP contribution in [-0.4, -0.2) is 34.4 Å². The van der Waals surface area contributed by atoms with E-state index in [9.17, 15) is 0 Å². The second kappa shape index (κ2) is 5.66. The Hall–Kier alpha value is -0.845. The van der Waals surface area contributed by atoms with Crippen molar-refractivity contribution in [3.8, 4) is 6.01 Å². The van der Waals surface area contributed by atoms with Crippen LogP contribution in [0, 0.1) is 0 Å². The smallest absolute Gasteiger partial charge is 0.460 e. The van der Waals surface area contributed by atoms with Crippen LogP contribution >= 0.6 is 11.6 Å². The summed E-state index contributed by atoms with van der Waals surface area (Å²) in [6.45, 7) is 8.00. The monoisotopic (exact) mass is 324 g/mol. The zero-order valence-corrected chi connectivity index (χ0v) is 14.3. The van der Waals surface area contributed by atoms with Gasteiger partial charge in [0.05, 0.1) is 11.2 Å². The fourth-order valence-corrected chi connectivity index (χ4v) is 2.91. The minimum Gasteiger partial charge on any atom is -0.460 e. The highest BCUT2D eigenvalue weighted by atomic mass is 35.5. The quantitative estimate of drug-likeness (QED) is 0.632. The predicted molar refractivity (Wildman–Crippen MR) is 85.6 cm³/mol. The molecule has 120 valence electrons. The third kappa shape index (κ3) is 2.96. The molecule has 2 fully saturated rings. The normalized spacial score (nSPS) is 24.0. The van der Waals surface area contributed by atoms with Gasteiger partial charge in [0.15, 0.2) is 0 Å². The van der Waals surface area contributed by atoms with Crippen molar-refractivity contribution >= 4 is 24.2 Å². The molecule has 1 saturated carbocycles. The molecule has 0 bridgehead atoms. The van der Waals surface area contributed by atoms with Crippen LogP contribution in [0.3, 0.4) is 0 Å². The Labute approximate surface area is 136 Å². The number of ether oxygens (including phenoxy) is 1. The molecule has 1 aliphatic heterocycles. The molecule has 22 heavy (non-hydrogen) atoms. The Kier molecular flexibility index (Phi) is 4.12.